The van der Waals surface area contributed by atoms with Crippen LogP contribution >= 0.6 is 0 Å². The molecule has 19 heavy (non-hydrogen) atoms. The highest BCUT2D eigenvalue weighted by molar-refractivity contribution is 7.90. The zero-order chi connectivity index (χ0) is 14.4. The van der Waals surface area contributed by atoms with Crippen molar-refractivity contribution < 1.29 is 8.42 Å². The van der Waals surface area contributed by atoms with Gasteiger partial charge in [0, 0.05) is 26.9 Å². The van der Waals surface area contributed by atoms with E-state index in [9.17, 15) is 18.0 Å². The van der Waals surface area contributed by atoms with E-state index in [1.165, 1.54) is 29.6 Å². The summed E-state index contributed by atoms with van der Waals surface area (Å²) in [6.45, 7) is 0.128. The van der Waals surface area contributed by atoms with Gasteiger partial charge in [-0.2, -0.15) is 0 Å². The highest BCUT2D eigenvalue weighted by atomic mass is 32.2. The predicted molar refractivity (Wildman–Crippen MR) is 69.9 cm³/mol. The lowest BCUT2D eigenvalue weighted by molar-refractivity contribution is 0.595. The van der Waals surface area contributed by atoms with Crippen LogP contribution in [0.4, 0.5) is 0 Å². The van der Waals surface area contributed by atoms with Gasteiger partial charge in [0.25, 0.3) is 5.56 Å². The molecule has 0 unspecified atom stereocenters. The van der Waals surface area contributed by atoms with E-state index >= 15 is 0 Å². The fourth-order valence-corrected chi connectivity index (χ4v) is 2.36. The van der Waals surface area contributed by atoms with Crippen LogP contribution in [0.2, 0.25) is 0 Å². The van der Waals surface area contributed by atoms with Crippen LogP contribution < -0.4 is 11.2 Å². The second-order valence-electron chi connectivity index (χ2n) is 4.45. The van der Waals surface area contributed by atoms with Crippen LogP contribution in [0.3, 0.4) is 0 Å². The van der Waals surface area contributed by atoms with Crippen molar-refractivity contribution in [3.8, 4) is 0 Å². The molecule has 0 saturated carbocycles. The zero-order valence-electron chi connectivity index (χ0n) is 10.8. The molecule has 2 heterocycles. The Kier molecular flexibility index (Phi) is 3.09. The highest BCUT2D eigenvalue weighted by Gasteiger charge is 2.14. The average molecular weight is 286 g/mol. The number of rotatable bonds is 3. The predicted octanol–water partition coefficient (Wildman–Crippen LogP) is -1.52. The Morgan fingerprint density at radius 2 is 1.84 bits per heavy atom. The SMILES string of the molecule is Cn1c(=O)c2c(ncn2CCS(C)(=O)=O)n(C)c1=O. The average Bonchev–Trinajstić information content (AvgIpc) is 2.74. The summed E-state index contributed by atoms with van der Waals surface area (Å²) < 4.78 is 26.0. The number of fused-ring (bicyclic) bond motifs is 1. The maximum Gasteiger partial charge on any atom is 0.332 e. The lowest BCUT2D eigenvalue weighted by Crippen LogP contribution is -2.37. The summed E-state index contributed by atoms with van der Waals surface area (Å²) in [6, 6.07) is 0. The van der Waals surface area contributed by atoms with E-state index in [1.807, 2.05) is 0 Å². The van der Waals surface area contributed by atoms with E-state index in [4.69, 9.17) is 0 Å². The first kappa shape index (κ1) is 13.5. The molecule has 0 aliphatic heterocycles. The quantitative estimate of drug-likeness (QED) is 0.682. The molecule has 0 aromatic carbocycles. The topological polar surface area (TPSA) is 96.0 Å². The molecule has 0 amide bonds. The molecular formula is C10H14N4O4S. The minimum atomic E-state index is -3.14. The molecule has 2 rings (SSSR count). The molecule has 9 heteroatoms. The summed E-state index contributed by atoms with van der Waals surface area (Å²) in [7, 11) is -0.251. The number of hydrogen-bond acceptors (Lipinski definition) is 5. The van der Waals surface area contributed by atoms with Gasteiger partial charge in [0.2, 0.25) is 0 Å². The molecule has 0 saturated heterocycles. The van der Waals surface area contributed by atoms with Gasteiger partial charge >= 0.3 is 5.69 Å². The van der Waals surface area contributed by atoms with E-state index in [1.54, 1.807) is 0 Å². The van der Waals surface area contributed by atoms with Gasteiger partial charge in [-0.3, -0.25) is 13.9 Å². The molecule has 0 spiro atoms. The van der Waals surface area contributed by atoms with Gasteiger partial charge in [-0.25, -0.2) is 18.2 Å². The van der Waals surface area contributed by atoms with Crippen LogP contribution in [-0.2, 0) is 30.5 Å². The molecular weight excluding hydrogens is 272 g/mol. The van der Waals surface area contributed by atoms with Crippen LogP contribution in [0, 0.1) is 0 Å². The Balaban J connectivity index is 2.67. The Morgan fingerprint density at radius 3 is 2.42 bits per heavy atom. The van der Waals surface area contributed by atoms with E-state index < -0.39 is 21.1 Å². The Labute approximate surface area is 108 Å². The summed E-state index contributed by atoms with van der Waals surface area (Å²) in [5, 5.41) is 0. The molecule has 0 aliphatic carbocycles. The molecule has 2 aromatic rings. The van der Waals surface area contributed by atoms with Crippen molar-refractivity contribution in [3.05, 3.63) is 27.2 Å². The summed E-state index contributed by atoms with van der Waals surface area (Å²) >= 11 is 0. The Hall–Kier alpha value is -1.90. The van der Waals surface area contributed by atoms with Crippen molar-refractivity contribution in [2.45, 2.75) is 6.54 Å². The van der Waals surface area contributed by atoms with Crippen LogP contribution in [0.25, 0.3) is 11.2 Å². The van der Waals surface area contributed by atoms with Gasteiger partial charge in [0.1, 0.15) is 9.84 Å². The van der Waals surface area contributed by atoms with Crippen molar-refractivity contribution in [1.82, 2.24) is 18.7 Å². The molecule has 104 valence electrons. The van der Waals surface area contributed by atoms with Gasteiger partial charge in [-0.1, -0.05) is 0 Å². The number of aryl methyl sites for hydroxylation is 2. The van der Waals surface area contributed by atoms with Gasteiger partial charge in [-0.05, 0) is 0 Å². The number of hydrogen-bond donors (Lipinski definition) is 0. The van der Waals surface area contributed by atoms with Gasteiger partial charge < -0.3 is 4.57 Å². The third kappa shape index (κ3) is 2.33. The minimum absolute atomic E-state index is 0.0928. The van der Waals surface area contributed by atoms with Crippen LogP contribution in [0.15, 0.2) is 15.9 Å². The van der Waals surface area contributed by atoms with Crippen LogP contribution in [0.5, 0.6) is 0 Å². The second kappa shape index (κ2) is 4.34. The molecule has 0 aliphatic rings. The third-order valence-corrected chi connectivity index (χ3v) is 3.84. The maximum atomic E-state index is 12.0. The summed E-state index contributed by atoms with van der Waals surface area (Å²) in [4.78, 5) is 27.8. The van der Waals surface area contributed by atoms with Gasteiger partial charge in [0.05, 0.1) is 12.1 Å². The minimum Gasteiger partial charge on any atom is -0.324 e. The van der Waals surface area contributed by atoms with Crippen LogP contribution in [-0.4, -0.2) is 39.1 Å². The first-order valence-electron chi connectivity index (χ1n) is 5.51. The fraction of sp³-hybridized carbons (Fsp3) is 0.500. The number of aromatic nitrogens is 4. The Bertz CT molecular complexity index is 856. The molecule has 2 aromatic heterocycles. The lowest BCUT2D eigenvalue weighted by Gasteiger charge is -2.05. The van der Waals surface area contributed by atoms with Gasteiger partial charge in [0.15, 0.2) is 11.2 Å². The number of nitrogens with zero attached hydrogens (tertiary/aromatic N) is 4. The van der Waals surface area contributed by atoms with Crippen LogP contribution in [0.1, 0.15) is 0 Å². The number of sulfone groups is 1. The van der Waals surface area contributed by atoms with Crippen molar-refractivity contribution in [1.29, 1.82) is 0 Å². The molecule has 8 nitrogen and oxygen atoms in total. The van der Waals surface area contributed by atoms with Crippen molar-refractivity contribution in [2.75, 3.05) is 12.0 Å². The van der Waals surface area contributed by atoms with E-state index in [-0.39, 0.29) is 23.5 Å². The summed E-state index contributed by atoms with van der Waals surface area (Å²) in [5.41, 5.74) is -0.468. The molecule has 0 N–H and O–H groups in total. The first-order chi connectivity index (χ1) is 8.72. The van der Waals surface area contributed by atoms with Crippen molar-refractivity contribution in [3.63, 3.8) is 0 Å². The monoisotopic (exact) mass is 286 g/mol. The largest absolute Gasteiger partial charge is 0.332 e. The highest BCUT2D eigenvalue weighted by Crippen LogP contribution is 2.05. The molecule has 0 radical (unpaired) electrons. The second-order valence-corrected chi connectivity index (χ2v) is 6.71. The van der Waals surface area contributed by atoms with Gasteiger partial charge in [-0.15, -0.1) is 0 Å². The van der Waals surface area contributed by atoms with Crippen molar-refractivity contribution >= 4 is 21.0 Å². The zero-order valence-corrected chi connectivity index (χ0v) is 11.6. The van der Waals surface area contributed by atoms with E-state index in [0.717, 1.165) is 10.8 Å². The summed E-state index contributed by atoms with van der Waals surface area (Å²) in [6.07, 6.45) is 2.50. The van der Waals surface area contributed by atoms with E-state index in [0.29, 0.717) is 0 Å². The number of imidazole rings is 1. The summed E-state index contributed by atoms with van der Waals surface area (Å²) in [5.74, 6) is -0.0928. The van der Waals surface area contributed by atoms with E-state index in [2.05, 4.69) is 4.98 Å². The Morgan fingerprint density at radius 1 is 1.21 bits per heavy atom. The molecule has 0 fully saturated rings. The third-order valence-electron chi connectivity index (χ3n) is 2.92. The maximum absolute atomic E-state index is 12.0. The van der Waals surface area contributed by atoms with Crippen molar-refractivity contribution in [2.24, 2.45) is 14.1 Å². The lowest BCUT2D eigenvalue weighted by atomic mass is 10.5. The standard InChI is InChI=1S/C10H14N4O4S/c1-12-8-7(9(15)13(2)10(12)16)14(6-11-8)4-5-19(3,17)18/h6H,4-5H2,1-3H3. The first-order valence-corrected chi connectivity index (χ1v) is 7.57. The molecule has 0 atom stereocenters. The normalized spacial score (nSPS) is 12.2. The fourth-order valence-electron chi connectivity index (χ4n) is 1.83. The smallest absolute Gasteiger partial charge is 0.324 e. The molecule has 0 bridgehead atoms.